The number of nitrogens with zero attached hydrogens (tertiary/aromatic N) is 2. The number of nitrogens with one attached hydrogen (secondary N) is 1. The van der Waals surface area contributed by atoms with Gasteiger partial charge in [0.2, 0.25) is 0 Å². The monoisotopic (exact) mass is 320 g/mol. The molecule has 0 amide bonds. The van der Waals surface area contributed by atoms with Gasteiger partial charge in [-0.1, -0.05) is 12.1 Å². The third kappa shape index (κ3) is 2.39. The van der Waals surface area contributed by atoms with Crippen LogP contribution in [0.1, 0.15) is 10.6 Å². The van der Waals surface area contributed by atoms with Crippen LogP contribution in [0.4, 0.5) is 17.2 Å². The zero-order valence-corrected chi connectivity index (χ0v) is 13.7. The van der Waals surface area contributed by atoms with Crippen molar-refractivity contribution < 1.29 is 0 Å². The molecule has 0 aliphatic rings. The molecule has 4 rings (SSSR count). The maximum Gasteiger partial charge on any atom is 0.138 e. The second-order valence-corrected chi connectivity index (χ2v) is 6.83. The predicted molar refractivity (Wildman–Crippen MR) is 98.5 cm³/mol. The Bertz CT molecular complexity index is 1040. The summed E-state index contributed by atoms with van der Waals surface area (Å²) in [6.07, 6.45) is 1.78. The number of aromatic nitrogens is 2. The number of thiazole rings is 1. The summed E-state index contributed by atoms with van der Waals surface area (Å²) in [6, 6.07) is 12.2. The molecule has 0 spiro atoms. The second kappa shape index (κ2) is 5.21. The van der Waals surface area contributed by atoms with Crippen molar-refractivity contribution in [1.29, 1.82) is 0 Å². The molecule has 0 bridgehead atoms. The first-order chi connectivity index (χ1) is 11.1. The van der Waals surface area contributed by atoms with Gasteiger partial charge in [0.1, 0.15) is 5.82 Å². The fourth-order valence-electron chi connectivity index (χ4n) is 2.74. The third-order valence-corrected chi connectivity index (χ3v) is 4.91. The summed E-state index contributed by atoms with van der Waals surface area (Å²) >= 11 is 1.70. The van der Waals surface area contributed by atoms with Crippen LogP contribution in [0.2, 0.25) is 0 Å². The van der Waals surface area contributed by atoms with Crippen LogP contribution in [0.25, 0.3) is 21.0 Å². The van der Waals surface area contributed by atoms with Gasteiger partial charge in [0.05, 0.1) is 15.2 Å². The molecule has 2 aromatic heterocycles. The Morgan fingerprint density at radius 1 is 1.04 bits per heavy atom. The van der Waals surface area contributed by atoms with E-state index in [2.05, 4.69) is 39.6 Å². The molecule has 2 aromatic carbocycles. The van der Waals surface area contributed by atoms with E-state index in [9.17, 15) is 0 Å². The number of anilines is 3. The van der Waals surface area contributed by atoms with Crippen molar-refractivity contribution in [1.82, 2.24) is 9.97 Å². The van der Waals surface area contributed by atoms with Gasteiger partial charge in [0.15, 0.2) is 0 Å². The van der Waals surface area contributed by atoms with Crippen molar-refractivity contribution in [3.8, 4) is 0 Å². The Balaban J connectivity index is 1.80. The van der Waals surface area contributed by atoms with E-state index >= 15 is 0 Å². The van der Waals surface area contributed by atoms with Gasteiger partial charge < -0.3 is 11.1 Å². The maximum absolute atomic E-state index is 6.19. The van der Waals surface area contributed by atoms with E-state index in [-0.39, 0.29) is 0 Å². The number of aryl methyl sites for hydroxylation is 2. The lowest BCUT2D eigenvalue weighted by Gasteiger charge is -2.11. The standard InChI is InChI=1S/C18H16N4S/c1-10-3-5-14-13(17(10)19)7-8-20-18(14)22-12-4-6-16-15(9-12)21-11(2)23-16/h3-9H,19H2,1-2H3,(H,20,22). The summed E-state index contributed by atoms with van der Waals surface area (Å²) in [5.74, 6) is 0.806. The minimum absolute atomic E-state index is 0.804. The molecule has 3 N–H and O–H groups in total. The van der Waals surface area contributed by atoms with Crippen molar-refractivity contribution in [3.63, 3.8) is 0 Å². The number of rotatable bonds is 2. The number of hydrogen-bond acceptors (Lipinski definition) is 5. The molecular weight excluding hydrogens is 304 g/mol. The molecule has 0 fully saturated rings. The summed E-state index contributed by atoms with van der Waals surface area (Å²) in [7, 11) is 0. The van der Waals surface area contributed by atoms with E-state index < -0.39 is 0 Å². The number of benzene rings is 2. The van der Waals surface area contributed by atoms with Crippen molar-refractivity contribution in [3.05, 3.63) is 53.2 Å². The maximum atomic E-state index is 6.19. The van der Waals surface area contributed by atoms with Gasteiger partial charge in [-0.05, 0) is 43.7 Å². The SMILES string of the molecule is Cc1nc2cc(Nc3nccc4c(N)c(C)ccc34)ccc2s1. The molecule has 4 nitrogen and oxygen atoms in total. The molecule has 5 heteroatoms. The molecule has 0 saturated heterocycles. The molecule has 4 aromatic rings. The van der Waals surface area contributed by atoms with Crippen molar-refractivity contribution in [2.24, 2.45) is 0 Å². The van der Waals surface area contributed by atoms with Crippen LogP contribution in [0, 0.1) is 13.8 Å². The molecular formula is C18H16N4S. The summed E-state index contributed by atoms with van der Waals surface area (Å²) in [5, 5.41) is 6.51. The zero-order chi connectivity index (χ0) is 16.0. The lowest BCUT2D eigenvalue weighted by Crippen LogP contribution is -1.97. The molecule has 2 heterocycles. The predicted octanol–water partition coefficient (Wildman–Crippen LogP) is 4.79. The fraction of sp³-hybridized carbons (Fsp3) is 0.111. The minimum atomic E-state index is 0.804. The molecule has 0 atom stereocenters. The molecule has 23 heavy (non-hydrogen) atoms. The van der Waals surface area contributed by atoms with Crippen LogP contribution >= 0.6 is 11.3 Å². The Morgan fingerprint density at radius 3 is 2.78 bits per heavy atom. The zero-order valence-electron chi connectivity index (χ0n) is 12.9. The fourth-order valence-corrected chi connectivity index (χ4v) is 3.55. The first-order valence-electron chi connectivity index (χ1n) is 7.40. The van der Waals surface area contributed by atoms with Crippen LogP contribution in [0.15, 0.2) is 42.6 Å². The highest BCUT2D eigenvalue weighted by Crippen LogP contribution is 2.31. The smallest absolute Gasteiger partial charge is 0.138 e. The highest BCUT2D eigenvalue weighted by molar-refractivity contribution is 7.18. The Morgan fingerprint density at radius 2 is 1.91 bits per heavy atom. The van der Waals surface area contributed by atoms with E-state index in [0.29, 0.717) is 0 Å². The second-order valence-electron chi connectivity index (χ2n) is 5.59. The average molecular weight is 320 g/mol. The topological polar surface area (TPSA) is 63.8 Å². The van der Waals surface area contributed by atoms with Gasteiger partial charge in [-0.2, -0.15) is 0 Å². The average Bonchev–Trinajstić information content (AvgIpc) is 2.91. The molecule has 0 unspecified atom stereocenters. The quantitative estimate of drug-likeness (QED) is 0.521. The van der Waals surface area contributed by atoms with Crippen LogP contribution < -0.4 is 11.1 Å². The summed E-state index contributed by atoms with van der Waals surface area (Å²) in [6.45, 7) is 4.04. The lowest BCUT2D eigenvalue weighted by atomic mass is 10.1. The van der Waals surface area contributed by atoms with Gasteiger partial charge in [-0.15, -0.1) is 11.3 Å². The minimum Gasteiger partial charge on any atom is -0.398 e. The first-order valence-corrected chi connectivity index (χ1v) is 8.21. The number of nitrogens with two attached hydrogens (primary N) is 1. The normalized spacial score (nSPS) is 11.2. The van der Waals surface area contributed by atoms with Crippen LogP contribution in [-0.2, 0) is 0 Å². The van der Waals surface area contributed by atoms with Crippen molar-refractivity contribution >= 4 is 49.5 Å². The molecule has 0 radical (unpaired) electrons. The number of hydrogen-bond donors (Lipinski definition) is 2. The van der Waals surface area contributed by atoms with E-state index in [1.54, 1.807) is 17.5 Å². The van der Waals surface area contributed by atoms with E-state index in [1.165, 1.54) is 4.70 Å². The number of fused-ring (bicyclic) bond motifs is 2. The summed E-state index contributed by atoms with van der Waals surface area (Å²) in [4.78, 5) is 9.02. The van der Waals surface area contributed by atoms with Gasteiger partial charge in [0.25, 0.3) is 0 Å². The van der Waals surface area contributed by atoms with Crippen molar-refractivity contribution in [2.75, 3.05) is 11.1 Å². The highest BCUT2D eigenvalue weighted by Gasteiger charge is 2.08. The van der Waals surface area contributed by atoms with Crippen LogP contribution in [0.5, 0.6) is 0 Å². The third-order valence-electron chi connectivity index (χ3n) is 3.96. The van der Waals surface area contributed by atoms with Gasteiger partial charge >= 0.3 is 0 Å². The van der Waals surface area contributed by atoms with E-state index in [0.717, 1.165) is 44.1 Å². The van der Waals surface area contributed by atoms with Crippen molar-refractivity contribution in [2.45, 2.75) is 13.8 Å². The molecule has 0 aliphatic heterocycles. The molecule has 0 saturated carbocycles. The summed E-state index contributed by atoms with van der Waals surface area (Å²) < 4.78 is 1.19. The van der Waals surface area contributed by atoms with Crippen LogP contribution in [0.3, 0.4) is 0 Å². The molecule has 114 valence electrons. The number of pyridine rings is 1. The Hall–Kier alpha value is -2.66. The Kier molecular flexibility index (Phi) is 3.16. The summed E-state index contributed by atoms with van der Waals surface area (Å²) in [5.41, 5.74) is 10.1. The number of nitrogen functional groups attached to an aromatic ring is 1. The van der Waals surface area contributed by atoms with Gasteiger partial charge in [-0.25, -0.2) is 9.97 Å². The first kappa shape index (κ1) is 14.0. The Labute approximate surface area is 138 Å². The van der Waals surface area contributed by atoms with Gasteiger partial charge in [-0.3, -0.25) is 0 Å². The van der Waals surface area contributed by atoms with Crippen LogP contribution in [-0.4, -0.2) is 9.97 Å². The largest absolute Gasteiger partial charge is 0.398 e. The van der Waals surface area contributed by atoms with E-state index in [4.69, 9.17) is 5.73 Å². The van der Waals surface area contributed by atoms with E-state index in [1.807, 2.05) is 26.0 Å². The molecule has 0 aliphatic carbocycles. The lowest BCUT2D eigenvalue weighted by molar-refractivity contribution is 1.33. The highest BCUT2D eigenvalue weighted by atomic mass is 32.1. The van der Waals surface area contributed by atoms with Gasteiger partial charge in [0, 0.05) is 28.3 Å².